The molecule has 0 unspecified atom stereocenters. The predicted octanol–water partition coefficient (Wildman–Crippen LogP) is 2.71. The first-order valence-corrected chi connectivity index (χ1v) is 7.80. The molecule has 0 saturated heterocycles. The van der Waals surface area contributed by atoms with Crippen molar-refractivity contribution in [2.75, 3.05) is 6.54 Å². The molecule has 1 N–H and O–H groups in total. The van der Waals surface area contributed by atoms with Crippen molar-refractivity contribution < 1.29 is 0 Å². The number of hydrogen-bond acceptors (Lipinski definition) is 5. The molecule has 0 saturated carbocycles. The summed E-state index contributed by atoms with van der Waals surface area (Å²) in [6.45, 7) is 1.49. The highest BCUT2D eigenvalue weighted by Crippen LogP contribution is 2.21. The summed E-state index contributed by atoms with van der Waals surface area (Å²) in [5.41, 5.74) is 0.962. The molecule has 108 valence electrons. The first kappa shape index (κ1) is 14.2. The molecule has 0 aliphatic rings. The Morgan fingerprint density at radius 2 is 2.00 bits per heavy atom. The van der Waals surface area contributed by atoms with Crippen molar-refractivity contribution in [2.45, 2.75) is 13.0 Å². The van der Waals surface area contributed by atoms with E-state index in [1.165, 1.54) is 4.88 Å². The first-order chi connectivity index (χ1) is 10.3. The lowest BCUT2D eigenvalue weighted by molar-refractivity contribution is 0.642. The average molecular weight is 320 g/mol. The van der Waals surface area contributed by atoms with Gasteiger partial charge in [-0.2, -0.15) is 4.68 Å². The van der Waals surface area contributed by atoms with Gasteiger partial charge in [0.25, 0.3) is 0 Å². The number of thiophene rings is 1. The lowest BCUT2D eigenvalue weighted by Crippen LogP contribution is -2.19. The SMILES string of the molecule is Clc1ccc(CCNCc2nnnn2-c2ccccc2)s1. The summed E-state index contributed by atoms with van der Waals surface area (Å²) >= 11 is 7.53. The van der Waals surface area contributed by atoms with E-state index in [1.807, 2.05) is 36.4 Å². The Balaban J connectivity index is 1.55. The van der Waals surface area contributed by atoms with Crippen LogP contribution in [-0.2, 0) is 13.0 Å². The van der Waals surface area contributed by atoms with Crippen molar-refractivity contribution in [2.24, 2.45) is 0 Å². The van der Waals surface area contributed by atoms with Gasteiger partial charge in [-0.25, -0.2) is 0 Å². The van der Waals surface area contributed by atoms with E-state index in [-0.39, 0.29) is 0 Å². The predicted molar refractivity (Wildman–Crippen MR) is 83.9 cm³/mol. The number of benzene rings is 1. The lowest BCUT2D eigenvalue weighted by Gasteiger charge is -2.05. The molecule has 0 bridgehead atoms. The summed E-state index contributed by atoms with van der Waals surface area (Å²) in [6.07, 6.45) is 0.949. The molecule has 0 spiro atoms. The Hall–Kier alpha value is -1.76. The van der Waals surface area contributed by atoms with E-state index in [4.69, 9.17) is 11.6 Å². The zero-order valence-corrected chi connectivity index (χ0v) is 12.8. The largest absolute Gasteiger partial charge is 0.309 e. The van der Waals surface area contributed by atoms with Gasteiger partial charge in [-0.3, -0.25) is 0 Å². The molecule has 0 fully saturated rings. The van der Waals surface area contributed by atoms with Gasteiger partial charge in [-0.1, -0.05) is 29.8 Å². The normalized spacial score (nSPS) is 10.9. The molecule has 2 aromatic heterocycles. The third kappa shape index (κ3) is 3.66. The first-order valence-electron chi connectivity index (χ1n) is 6.60. The van der Waals surface area contributed by atoms with E-state index in [0.717, 1.165) is 28.8 Å². The molecule has 5 nitrogen and oxygen atoms in total. The number of nitrogens with zero attached hydrogens (tertiary/aromatic N) is 4. The molecule has 1 aromatic carbocycles. The number of aromatic nitrogens is 4. The maximum atomic E-state index is 5.91. The lowest BCUT2D eigenvalue weighted by atomic mass is 10.3. The van der Waals surface area contributed by atoms with Gasteiger partial charge in [0.1, 0.15) is 0 Å². The molecule has 3 rings (SSSR count). The second-order valence-electron chi connectivity index (χ2n) is 4.48. The van der Waals surface area contributed by atoms with E-state index in [1.54, 1.807) is 16.0 Å². The fraction of sp³-hybridized carbons (Fsp3) is 0.214. The van der Waals surface area contributed by atoms with E-state index in [2.05, 4.69) is 26.9 Å². The number of nitrogens with one attached hydrogen (secondary N) is 1. The van der Waals surface area contributed by atoms with Gasteiger partial charge in [-0.05, 0) is 41.1 Å². The van der Waals surface area contributed by atoms with Crippen LogP contribution in [0.2, 0.25) is 4.34 Å². The Morgan fingerprint density at radius 3 is 2.76 bits per heavy atom. The smallest absolute Gasteiger partial charge is 0.170 e. The number of para-hydroxylation sites is 1. The summed E-state index contributed by atoms with van der Waals surface area (Å²) in [5, 5.41) is 15.2. The summed E-state index contributed by atoms with van der Waals surface area (Å²) < 4.78 is 2.58. The Bertz CT molecular complexity index is 694. The van der Waals surface area contributed by atoms with Crippen molar-refractivity contribution in [3.8, 4) is 5.69 Å². The minimum absolute atomic E-state index is 0.626. The fourth-order valence-corrected chi connectivity index (χ4v) is 3.07. The molecule has 0 aliphatic carbocycles. The third-order valence-corrected chi connectivity index (χ3v) is 4.29. The monoisotopic (exact) mass is 319 g/mol. The molecule has 7 heteroatoms. The van der Waals surface area contributed by atoms with Gasteiger partial charge < -0.3 is 5.32 Å². The molecule has 0 atom stereocenters. The van der Waals surface area contributed by atoms with Crippen LogP contribution in [0, 0.1) is 0 Å². The molecule has 0 aliphatic heterocycles. The fourth-order valence-electron chi connectivity index (χ4n) is 1.98. The number of halogens is 1. The van der Waals surface area contributed by atoms with E-state index in [9.17, 15) is 0 Å². The van der Waals surface area contributed by atoms with Crippen LogP contribution in [-0.4, -0.2) is 26.8 Å². The van der Waals surface area contributed by atoms with Gasteiger partial charge in [0.2, 0.25) is 0 Å². The Morgan fingerprint density at radius 1 is 1.14 bits per heavy atom. The number of tetrazole rings is 1. The summed E-state index contributed by atoms with van der Waals surface area (Å²) in [5.74, 6) is 0.797. The molecule has 3 aromatic rings. The Kier molecular flexibility index (Phi) is 4.59. The zero-order valence-electron chi connectivity index (χ0n) is 11.2. The van der Waals surface area contributed by atoms with Crippen molar-refractivity contribution >= 4 is 22.9 Å². The highest BCUT2D eigenvalue weighted by Gasteiger charge is 2.07. The highest BCUT2D eigenvalue weighted by molar-refractivity contribution is 7.16. The van der Waals surface area contributed by atoms with Crippen LogP contribution in [0.25, 0.3) is 5.69 Å². The van der Waals surface area contributed by atoms with Crippen LogP contribution in [0.1, 0.15) is 10.7 Å². The molecule has 21 heavy (non-hydrogen) atoms. The minimum Gasteiger partial charge on any atom is -0.309 e. The van der Waals surface area contributed by atoms with E-state index < -0.39 is 0 Å². The van der Waals surface area contributed by atoms with Gasteiger partial charge in [-0.15, -0.1) is 16.4 Å². The van der Waals surface area contributed by atoms with Crippen LogP contribution in [0.5, 0.6) is 0 Å². The van der Waals surface area contributed by atoms with Gasteiger partial charge in [0, 0.05) is 11.4 Å². The topological polar surface area (TPSA) is 55.6 Å². The molecular weight excluding hydrogens is 306 g/mol. The molecular formula is C14H14ClN5S. The summed E-state index contributed by atoms with van der Waals surface area (Å²) in [6, 6.07) is 13.8. The van der Waals surface area contributed by atoms with Crippen LogP contribution in [0.3, 0.4) is 0 Å². The van der Waals surface area contributed by atoms with Crippen molar-refractivity contribution in [1.82, 2.24) is 25.5 Å². The number of hydrogen-bond donors (Lipinski definition) is 1. The van der Waals surface area contributed by atoms with Gasteiger partial charge in [0.15, 0.2) is 5.82 Å². The summed E-state index contributed by atoms with van der Waals surface area (Å²) in [4.78, 5) is 1.27. The molecule has 0 radical (unpaired) electrons. The second-order valence-corrected chi connectivity index (χ2v) is 6.27. The van der Waals surface area contributed by atoms with E-state index in [0.29, 0.717) is 6.54 Å². The number of rotatable bonds is 6. The van der Waals surface area contributed by atoms with Crippen LogP contribution >= 0.6 is 22.9 Å². The minimum atomic E-state index is 0.626. The van der Waals surface area contributed by atoms with Crippen LogP contribution < -0.4 is 5.32 Å². The molecule has 0 amide bonds. The highest BCUT2D eigenvalue weighted by atomic mass is 35.5. The quantitative estimate of drug-likeness (QED) is 0.710. The maximum Gasteiger partial charge on any atom is 0.170 e. The standard InChI is InChI=1S/C14H14ClN5S/c15-13-7-6-12(21-13)8-9-16-10-14-17-18-19-20(14)11-4-2-1-3-5-11/h1-7,16H,8-10H2. The van der Waals surface area contributed by atoms with Crippen LogP contribution in [0.4, 0.5) is 0 Å². The van der Waals surface area contributed by atoms with Gasteiger partial charge >= 0.3 is 0 Å². The summed E-state index contributed by atoms with van der Waals surface area (Å²) in [7, 11) is 0. The van der Waals surface area contributed by atoms with Crippen molar-refractivity contribution in [3.05, 3.63) is 57.5 Å². The van der Waals surface area contributed by atoms with Crippen molar-refractivity contribution in [1.29, 1.82) is 0 Å². The average Bonchev–Trinajstić information content (AvgIpc) is 3.13. The van der Waals surface area contributed by atoms with Crippen LogP contribution in [0.15, 0.2) is 42.5 Å². The zero-order chi connectivity index (χ0) is 14.5. The van der Waals surface area contributed by atoms with Gasteiger partial charge in [0.05, 0.1) is 16.6 Å². The Labute approximate surface area is 131 Å². The molecule has 2 heterocycles. The maximum absolute atomic E-state index is 5.91. The second kappa shape index (κ2) is 6.80. The van der Waals surface area contributed by atoms with E-state index >= 15 is 0 Å². The van der Waals surface area contributed by atoms with Crippen molar-refractivity contribution in [3.63, 3.8) is 0 Å². The third-order valence-electron chi connectivity index (χ3n) is 2.99.